The van der Waals surface area contributed by atoms with Crippen molar-refractivity contribution in [2.45, 2.75) is 38.2 Å². The molecule has 2 heteroatoms. The van der Waals surface area contributed by atoms with Crippen LogP contribution >= 0.6 is 0 Å². The summed E-state index contributed by atoms with van der Waals surface area (Å²) < 4.78 is 0. The van der Waals surface area contributed by atoms with Gasteiger partial charge in [-0.25, -0.2) is 0 Å². The molecule has 1 aliphatic heterocycles. The minimum absolute atomic E-state index is 0.643. The minimum atomic E-state index is -0.686. The number of hydrogen-bond donors (Lipinski definition) is 1. The first kappa shape index (κ1) is 10.4. The molecule has 2 rings (SSSR count). The van der Waals surface area contributed by atoms with Crippen molar-refractivity contribution in [3.63, 3.8) is 0 Å². The second-order valence-corrected chi connectivity index (χ2v) is 4.17. The summed E-state index contributed by atoms with van der Waals surface area (Å²) in [4.78, 5) is 4.31. The zero-order valence-corrected chi connectivity index (χ0v) is 9.11. The first-order valence-corrected chi connectivity index (χ1v) is 5.61. The van der Waals surface area contributed by atoms with Gasteiger partial charge in [0, 0.05) is 18.2 Å². The van der Waals surface area contributed by atoms with E-state index in [0.717, 1.165) is 30.5 Å². The maximum absolute atomic E-state index is 10.6. The van der Waals surface area contributed by atoms with Crippen LogP contribution in [0.15, 0.2) is 29.3 Å². The molecule has 0 aliphatic carbocycles. The van der Waals surface area contributed by atoms with Gasteiger partial charge in [-0.05, 0) is 12.5 Å². The molecule has 0 amide bonds. The van der Waals surface area contributed by atoms with Gasteiger partial charge in [0.05, 0.1) is 11.3 Å². The SMILES string of the molecule is CCCCC1(O)CC=Nc2ccccc21. The van der Waals surface area contributed by atoms with Gasteiger partial charge >= 0.3 is 0 Å². The van der Waals surface area contributed by atoms with Crippen molar-refractivity contribution in [3.05, 3.63) is 29.8 Å². The van der Waals surface area contributed by atoms with Crippen molar-refractivity contribution in [1.82, 2.24) is 0 Å². The fourth-order valence-electron chi connectivity index (χ4n) is 2.09. The molecule has 0 spiro atoms. The van der Waals surface area contributed by atoms with E-state index >= 15 is 0 Å². The lowest BCUT2D eigenvalue weighted by Crippen LogP contribution is -2.28. The third kappa shape index (κ3) is 1.95. The van der Waals surface area contributed by atoms with Crippen molar-refractivity contribution in [3.8, 4) is 0 Å². The lowest BCUT2D eigenvalue weighted by atomic mass is 9.83. The highest BCUT2D eigenvalue weighted by molar-refractivity contribution is 5.71. The lowest BCUT2D eigenvalue weighted by Gasteiger charge is -2.30. The molecule has 1 unspecified atom stereocenters. The van der Waals surface area contributed by atoms with Crippen LogP contribution in [-0.4, -0.2) is 11.3 Å². The number of rotatable bonds is 3. The Bertz CT molecular complexity index is 373. The van der Waals surface area contributed by atoms with Crippen LogP contribution in [-0.2, 0) is 5.60 Å². The molecule has 1 atom stereocenters. The van der Waals surface area contributed by atoms with Crippen LogP contribution in [0.5, 0.6) is 0 Å². The standard InChI is InChI=1S/C13H17NO/c1-2-3-8-13(15)9-10-14-12-7-5-4-6-11(12)13/h4-7,10,15H,2-3,8-9H2,1H3. The number of para-hydroxylation sites is 1. The first-order valence-electron chi connectivity index (χ1n) is 5.61. The number of unbranched alkanes of at least 4 members (excludes halogenated alkanes) is 1. The average Bonchev–Trinajstić information content (AvgIpc) is 2.27. The van der Waals surface area contributed by atoms with Crippen molar-refractivity contribution in [1.29, 1.82) is 0 Å². The van der Waals surface area contributed by atoms with E-state index < -0.39 is 5.60 Å². The van der Waals surface area contributed by atoms with E-state index in [0.29, 0.717) is 6.42 Å². The van der Waals surface area contributed by atoms with Crippen LogP contribution in [0.3, 0.4) is 0 Å². The van der Waals surface area contributed by atoms with Gasteiger partial charge in [-0.15, -0.1) is 0 Å². The van der Waals surface area contributed by atoms with Gasteiger partial charge < -0.3 is 5.11 Å². The van der Waals surface area contributed by atoms with Crippen LogP contribution in [0.2, 0.25) is 0 Å². The van der Waals surface area contributed by atoms with Crippen LogP contribution in [0.25, 0.3) is 0 Å². The Kier molecular flexibility index (Phi) is 2.87. The molecule has 1 aromatic carbocycles. The van der Waals surface area contributed by atoms with E-state index in [4.69, 9.17) is 0 Å². The normalized spacial score (nSPS) is 23.9. The van der Waals surface area contributed by atoms with Gasteiger partial charge in [-0.2, -0.15) is 0 Å². The van der Waals surface area contributed by atoms with Gasteiger partial charge in [-0.1, -0.05) is 38.0 Å². The summed E-state index contributed by atoms with van der Waals surface area (Å²) in [5, 5.41) is 10.6. The maximum atomic E-state index is 10.6. The smallest absolute Gasteiger partial charge is 0.0966 e. The number of fused-ring (bicyclic) bond motifs is 1. The molecule has 80 valence electrons. The third-order valence-electron chi connectivity index (χ3n) is 3.01. The summed E-state index contributed by atoms with van der Waals surface area (Å²) >= 11 is 0. The van der Waals surface area contributed by atoms with Crippen molar-refractivity contribution >= 4 is 11.9 Å². The minimum Gasteiger partial charge on any atom is -0.385 e. The molecule has 1 N–H and O–H groups in total. The van der Waals surface area contributed by atoms with Gasteiger partial charge in [0.15, 0.2) is 0 Å². The van der Waals surface area contributed by atoms with E-state index in [2.05, 4.69) is 11.9 Å². The molecular formula is C13H17NO. The monoisotopic (exact) mass is 203 g/mol. The molecule has 0 saturated carbocycles. The average molecular weight is 203 g/mol. The van der Waals surface area contributed by atoms with Gasteiger partial charge in [-0.3, -0.25) is 4.99 Å². The van der Waals surface area contributed by atoms with Gasteiger partial charge in [0.1, 0.15) is 0 Å². The predicted octanol–water partition coefficient (Wildman–Crippen LogP) is 3.17. The maximum Gasteiger partial charge on any atom is 0.0966 e. The molecule has 1 aromatic rings. The highest BCUT2D eigenvalue weighted by Crippen LogP contribution is 2.38. The number of aliphatic imine (C=N–C) groups is 1. The van der Waals surface area contributed by atoms with E-state index in [9.17, 15) is 5.11 Å². The molecular weight excluding hydrogens is 186 g/mol. The van der Waals surface area contributed by atoms with Crippen LogP contribution in [0, 0.1) is 0 Å². The van der Waals surface area contributed by atoms with Crippen LogP contribution in [0.1, 0.15) is 38.2 Å². The van der Waals surface area contributed by atoms with Crippen LogP contribution < -0.4 is 0 Å². The van der Waals surface area contributed by atoms with E-state index in [-0.39, 0.29) is 0 Å². The van der Waals surface area contributed by atoms with E-state index in [1.165, 1.54) is 0 Å². The zero-order chi connectivity index (χ0) is 10.7. The summed E-state index contributed by atoms with van der Waals surface area (Å²) in [7, 11) is 0. The molecule has 1 aliphatic rings. The third-order valence-corrected chi connectivity index (χ3v) is 3.01. The van der Waals surface area contributed by atoms with Crippen molar-refractivity contribution in [2.24, 2.45) is 4.99 Å². The molecule has 1 heterocycles. The summed E-state index contributed by atoms with van der Waals surface area (Å²) in [5.41, 5.74) is 1.22. The topological polar surface area (TPSA) is 32.6 Å². The Morgan fingerprint density at radius 2 is 2.20 bits per heavy atom. The largest absolute Gasteiger partial charge is 0.385 e. The fourth-order valence-corrected chi connectivity index (χ4v) is 2.09. The summed E-state index contributed by atoms with van der Waals surface area (Å²) in [6, 6.07) is 7.88. The molecule has 2 nitrogen and oxygen atoms in total. The van der Waals surface area contributed by atoms with Gasteiger partial charge in [0.2, 0.25) is 0 Å². The lowest BCUT2D eigenvalue weighted by molar-refractivity contribution is 0.0330. The molecule has 0 radical (unpaired) electrons. The molecule has 15 heavy (non-hydrogen) atoms. The second kappa shape index (κ2) is 4.15. The summed E-state index contributed by atoms with van der Waals surface area (Å²) in [6.07, 6.45) is 5.47. The number of benzene rings is 1. The molecule has 0 aromatic heterocycles. The highest BCUT2D eigenvalue weighted by atomic mass is 16.3. The van der Waals surface area contributed by atoms with Gasteiger partial charge in [0.25, 0.3) is 0 Å². The Labute approximate surface area is 90.7 Å². The highest BCUT2D eigenvalue weighted by Gasteiger charge is 2.31. The number of hydrogen-bond acceptors (Lipinski definition) is 2. The summed E-state index contributed by atoms with van der Waals surface area (Å²) in [5.74, 6) is 0. The molecule has 0 fully saturated rings. The van der Waals surface area contributed by atoms with E-state index in [1.807, 2.05) is 30.5 Å². The fraction of sp³-hybridized carbons (Fsp3) is 0.462. The van der Waals surface area contributed by atoms with E-state index in [1.54, 1.807) is 0 Å². The van der Waals surface area contributed by atoms with Crippen molar-refractivity contribution in [2.75, 3.05) is 0 Å². The molecule has 0 bridgehead atoms. The Morgan fingerprint density at radius 1 is 1.40 bits per heavy atom. The van der Waals surface area contributed by atoms with Crippen molar-refractivity contribution < 1.29 is 5.11 Å². The summed E-state index contributed by atoms with van der Waals surface area (Å²) in [6.45, 7) is 2.15. The Hall–Kier alpha value is -1.15. The first-order chi connectivity index (χ1) is 7.26. The Balaban J connectivity index is 2.32. The number of aliphatic hydroxyl groups is 1. The predicted molar refractivity (Wildman–Crippen MR) is 62.6 cm³/mol. The number of nitrogens with zero attached hydrogens (tertiary/aromatic N) is 1. The molecule has 0 saturated heterocycles. The quantitative estimate of drug-likeness (QED) is 0.804. The second-order valence-electron chi connectivity index (χ2n) is 4.17. The zero-order valence-electron chi connectivity index (χ0n) is 9.11. The Morgan fingerprint density at radius 3 is 3.00 bits per heavy atom. The van der Waals surface area contributed by atoms with Crippen LogP contribution in [0.4, 0.5) is 5.69 Å².